The molecule has 1 unspecified atom stereocenters. The lowest BCUT2D eigenvalue weighted by atomic mass is 10.0. The number of rotatable bonds is 6. The quantitative estimate of drug-likeness (QED) is 0.742. The van der Waals surface area contributed by atoms with Crippen LogP contribution in [-0.4, -0.2) is 41.1 Å². The molecule has 23 heavy (non-hydrogen) atoms. The maximum Gasteiger partial charge on any atom is 0.210 e. The van der Waals surface area contributed by atoms with Gasteiger partial charge in [-0.2, -0.15) is 0 Å². The maximum atomic E-state index is 14.4. The van der Waals surface area contributed by atoms with E-state index in [-0.39, 0.29) is 6.04 Å². The predicted molar refractivity (Wildman–Crippen MR) is 99.2 cm³/mol. The van der Waals surface area contributed by atoms with E-state index in [1.165, 1.54) is 0 Å². The summed E-state index contributed by atoms with van der Waals surface area (Å²) < 4.78 is 6.62. The third-order valence-electron chi connectivity index (χ3n) is 4.77. The molecule has 1 aliphatic rings. The number of anilines is 1. The molecule has 130 valence electrons. The first-order valence-electron chi connectivity index (χ1n) is 8.85. The van der Waals surface area contributed by atoms with Crippen LogP contribution in [0.15, 0.2) is 30.3 Å². The number of benzene rings is 1. The van der Waals surface area contributed by atoms with E-state index >= 15 is 0 Å². The van der Waals surface area contributed by atoms with Gasteiger partial charge in [-0.3, -0.25) is 0 Å². The molecule has 1 saturated heterocycles. The van der Waals surface area contributed by atoms with Crippen LogP contribution in [0.4, 0.5) is 5.69 Å². The van der Waals surface area contributed by atoms with E-state index in [1.54, 1.807) is 0 Å². The SMILES string of the molecule is CCN(CC)[P+]1([O-])N(c2ccccc2)C[C@@H](C(C)C)N1C(C)C. The van der Waals surface area contributed by atoms with Gasteiger partial charge in [-0.15, -0.1) is 9.34 Å². The largest absolute Gasteiger partial charge is 0.631 e. The minimum absolute atomic E-state index is 0.252. The van der Waals surface area contributed by atoms with Gasteiger partial charge in [0.1, 0.15) is 0 Å². The van der Waals surface area contributed by atoms with Gasteiger partial charge in [-0.1, -0.05) is 32.0 Å². The Morgan fingerprint density at radius 3 is 2.13 bits per heavy atom. The van der Waals surface area contributed by atoms with Crippen LogP contribution in [-0.2, 0) is 0 Å². The van der Waals surface area contributed by atoms with Gasteiger partial charge < -0.3 is 4.89 Å². The van der Waals surface area contributed by atoms with Gasteiger partial charge in [0.15, 0.2) is 0 Å². The molecule has 1 aromatic carbocycles. The number of hydrogen-bond acceptors (Lipinski definition) is 4. The van der Waals surface area contributed by atoms with Crippen molar-refractivity contribution in [2.75, 3.05) is 24.3 Å². The van der Waals surface area contributed by atoms with Gasteiger partial charge in [-0.25, -0.2) is 4.67 Å². The zero-order valence-electron chi connectivity index (χ0n) is 15.4. The second kappa shape index (κ2) is 7.48. The average Bonchev–Trinajstić information content (AvgIpc) is 2.84. The Balaban J connectivity index is 2.55. The highest BCUT2D eigenvalue weighted by atomic mass is 31.2. The molecular weight excluding hydrogens is 305 g/mol. The topological polar surface area (TPSA) is 32.8 Å². The molecule has 0 radical (unpaired) electrons. The van der Waals surface area contributed by atoms with Crippen molar-refractivity contribution in [3.63, 3.8) is 0 Å². The molecule has 2 atom stereocenters. The van der Waals surface area contributed by atoms with Crippen LogP contribution >= 0.6 is 7.94 Å². The molecule has 0 aromatic heterocycles. The van der Waals surface area contributed by atoms with Gasteiger partial charge >= 0.3 is 0 Å². The molecule has 1 aromatic rings. The van der Waals surface area contributed by atoms with Crippen molar-refractivity contribution in [1.82, 2.24) is 9.34 Å². The van der Waals surface area contributed by atoms with E-state index in [4.69, 9.17) is 0 Å². The Morgan fingerprint density at radius 2 is 1.70 bits per heavy atom. The zero-order chi connectivity index (χ0) is 17.2. The highest BCUT2D eigenvalue weighted by Crippen LogP contribution is 2.67. The summed E-state index contributed by atoms with van der Waals surface area (Å²) in [5.74, 6) is 0.468. The Kier molecular flexibility index (Phi) is 6.07. The van der Waals surface area contributed by atoms with Crippen LogP contribution in [0.1, 0.15) is 41.5 Å². The van der Waals surface area contributed by atoms with Crippen molar-refractivity contribution < 1.29 is 4.89 Å². The van der Waals surface area contributed by atoms with E-state index in [1.807, 2.05) is 18.2 Å². The predicted octanol–water partition coefficient (Wildman–Crippen LogP) is 3.62. The third-order valence-corrected chi connectivity index (χ3v) is 8.45. The highest BCUT2D eigenvalue weighted by Gasteiger charge is 2.58. The van der Waals surface area contributed by atoms with Gasteiger partial charge in [0, 0.05) is 19.1 Å². The van der Waals surface area contributed by atoms with E-state index in [2.05, 4.69) is 67.7 Å². The summed E-state index contributed by atoms with van der Waals surface area (Å²) in [5.41, 5.74) is 1.07. The molecule has 0 N–H and O–H groups in total. The van der Waals surface area contributed by atoms with Crippen molar-refractivity contribution in [3.8, 4) is 0 Å². The fraction of sp³-hybridized carbons (Fsp3) is 0.667. The highest BCUT2D eigenvalue weighted by molar-refractivity contribution is 7.66. The van der Waals surface area contributed by atoms with E-state index < -0.39 is 7.94 Å². The average molecular weight is 337 g/mol. The van der Waals surface area contributed by atoms with Crippen molar-refractivity contribution in [3.05, 3.63) is 30.3 Å². The molecule has 0 spiro atoms. The number of hydrogen-bond donors (Lipinski definition) is 0. The molecule has 1 fully saturated rings. The standard InChI is InChI=1S/C18H32N3OP/c1-7-19(8-2)23(22)20(17-12-10-9-11-13-17)14-18(15(3)4)21(23)16(5)6/h9-13,15-16,18H,7-8,14H2,1-6H3/t18-,23?/m0/s1. The molecule has 0 amide bonds. The lowest BCUT2D eigenvalue weighted by molar-refractivity contribution is -0.196. The number of para-hydroxylation sites is 1. The Bertz CT molecular complexity index is 492. The minimum Gasteiger partial charge on any atom is -0.631 e. The summed E-state index contributed by atoms with van der Waals surface area (Å²) in [4.78, 5) is 14.4. The van der Waals surface area contributed by atoms with Gasteiger partial charge in [-0.05, 0) is 45.7 Å². The third kappa shape index (κ3) is 3.28. The van der Waals surface area contributed by atoms with Crippen LogP contribution in [0.2, 0.25) is 0 Å². The van der Waals surface area contributed by atoms with E-state index in [0.29, 0.717) is 12.0 Å². The van der Waals surface area contributed by atoms with Gasteiger partial charge in [0.25, 0.3) is 0 Å². The first-order valence-corrected chi connectivity index (χ1v) is 10.4. The molecule has 0 bridgehead atoms. The van der Waals surface area contributed by atoms with Gasteiger partial charge in [0.2, 0.25) is 7.94 Å². The summed E-state index contributed by atoms with van der Waals surface area (Å²) in [6, 6.07) is 10.8. The summed E-state index contributed by atoms with van der Waals surface area (Å²) >= 11 is 0. The molecule has 1 aliphatic heterocycles. The zero-order valence-corrected chi connectivity index (χ0v) is 16.3. The number of nitrogens with zero attached hydrogens (tertiary/aromatic N) is 3. The maximum absolute atomic E-state index is 14.4. The second-order valence-corrected chi connectivity index (χ2v) is 9.39. The minimum atomic E-state index is -2.79. The summed E-state index contributed by atoms with van der Waals surface area (Å²) in [7, 11) is -2.79. The Morgan fingerprint density at radius 1 is 1.13 bits per heavy atom. The van der Waals surface area contributed by atoms with Crippen molar-refractivity contribution in [1.29, 1.82) is 0 Å². The second-order valence-electron chi connectivity index (χ2n) is 6.85. The first kappa shape index (κ1) is 18.7. The van der Waals surface area contributed by atoms with E-state index in [9.17, 15) is 4.89 Å². The fourth-order valence-electron chi connectivity index (χ4n) is 3.63. The fourth-order valence-corrected chi connectivity index (χ4v) is 7.36. The van der Waals surface area contributed by atoms with Crippen molar-refractivity contribution >= 4 is 13.6 Å². The Hall–Kier alpha value is -0.670. The van der Waals surface area contributed by atoms with Crippen molar-refractivity contribution in [2.45, 2.75) is 53.6 Å². The molecule has 4 nitrogen and oxygen atoms in total. The summed E-state index contributed by atoms with van der Waals surface area (Å²) in [6.07, 6.45) is 0. The smallest absolute Gasteiger partial charge is 0.210 e. The Labute approximate surface area is 142 Å². The molecule has 5 heteroatoms. The monoisotopic (exact) mass is 337 g/mol. The molecular formula is C18H32N3OP. The lowest BCUT2D eigenvalue weighted by Crippen LogP contribution is -2.49. The van der Waals surface area contributed by atoms with Crippen LogP contribution in [0.5, 0.6) is 0 Å². The molecule has 1 heterocycles. The summed E-state index contributed by atoms with van der Waals surface area (Å²) in [5, 5.41) is 0. The van der Waals surface area contributed by atoms with Crippen LogP contribution < -0.4 is 9.56 Å². The molecule has 0 aliphatic carbocycles. The van der Waals surface area contributed by atoms with Gasteiger partial charge in [0.05, 0.1) is 18.3 Å². The molecule has 2 rings (SSSR count). The first-order chi connectivity index (χ1) is 10.9. The lowest BCUT2D eigenvalue weighted by Gasteiger charge is -2.47. The molecule has 0 saturated carbocycles. The van der Waals surface area contributed by atoms with Crippen LogP contribution in [0.3, 0.4) is 0 Å². The normalized spacial score (nSPS) is 26.0. The van der Waals surface area contributed by atoms with Crippen LogP contribution in [0, 0.1) is 5.92 Å². The van der Waals surface area contributed by atoms with Crippen LogP contribution in [0.25, 0.3) is 0 Å². The van der Waals surface area contributed by atoms with Crippen molar-refractivity contribution in [2.24, 2.45) is 5.92 Å². The summed E-state index contributed by atoms with van der Waals surface area (Å²) in [6.45, 7) is 15.4. The van der Waals surface area contributed by atoms with E-state index in [0.717, 1.165) is 25.3 Å².